The zero-order valence-corrected chi connectivity index (χ0v) is 8.78. The Balaban J connectivity index is 2.85. The van der Waals surface area contributed by atoms with E-state index in [2.05, 4.69) is 0 Å². The Hall–Kier alpha value is -1.29. The lowest BCUT2D eigenvalue weighted by molar-refractivity contribution is 0.295. The van der Waals surface area contributed by atoms with Gasteiger partial charge < -0.3 is 15.0 Å². The molecule has 1 aromatic heterocycles. The zero-order chi connectivity index (χ0) is 10.7. The molecule has 1 rings (SSSR count). The van der Waals surface area contributed by atoms with Crippen LogP contribution in [0, 0.1) is 6.92 Å². The fourth-order valence-corrected chi connectivity index (χ4v) is 1.05. The average molecular weight is 196 g/mol. The standard InChI is InChI=1S/C10H16N2O2/c1-7(11)6-14-9-4-8(2)12(3)10(13)5-9/h4-5,7H,6,11H2,1-3H3. The van der Waals surface area contributed by atoms with E-state index in [1.165, 1.54) is 6.07 Å². The summed E-state index contributed by atoms with van der Waals surface area (Å²) in [5.74, 6) is 0.586. The first-order valence-corrected chi connectivity index (χ1v) is 4.56. The van der Waals surface area contributed by atoms with Gasteiger partial charge in [-0.25, -0.2) is 0 Å². The van der Waals surface area contributed by atoms with Crippen molar-refractivity contribution in [2.24, 2.45) is 12.8 Å². The Bertz CT molecular complexity index is 369. The minimum absolute atomic E-state index is 0.0284. The molecule has 0 saturated heterocycles. The van der Waals surface area contributed by atoms with Crippen molar-refractivity contribution >= 4 is 0 Å². The minimum atomic E-state index is -0.0651. The fourth-order valence-electron chi connectivity index (χ4n) is 1.05. The summed E-state index contributed by atoms with van der Waals surface area (Å²) >= 11 is 0. The van der Waals surface area contributed by atoms with E-state index in [1.807, 2.05) is 19.9 Å². The highest BCUT2D eigenvalue weighted by molar-refractivity contribution is 5.22. The fraction of sp³-hybridized carbons (Fsp3) is 0.500. The lowest BCUT2D eigenvalue weighted by Gasteiger charge is -2.10. The van der Waals surface area contributed by atoms with Gasteiger partial charge in [-0.05, 0) is 19.9 Å². The monoisotopic (exact) mass is 196 g/mol. The Morgan fingerprint density at radius 1 is 1.57 bits per heavy atom. The highest BCUT2D eigenvalue weighted by atomic mass is 16.5. The van der Waals surface area contributed by atoms with Crippen LogP contribution in [0.3, 0.4) is 0 Å². The number of nitrogens with two attached hydrogens (primary N) is 1. The molecule has 1 aromatic rings. The van der Waals surface area contributed by atoms with Gasteiger partial charge in [0.15, 0.2) is 0 Å². The summed E-state index contributed by atoms with van der Waals surface area (Å²) < 4.78 is 6.91. The lowest BCUT2D eigenvalue weighted by atomic mass is 10.3. The van der Waals surface area contributed by atoms with Gasteiger partial charge in [0.25, 0.3) is 5.56 Å². The van der Waals surface area contributed by atoms with Crippen molar-refractivity contribution in [2.45, 2.75) is 19.9 Å². The highest BCUT2D eigenvalue weighted by Gasteiger charge is 2.01. The summed E-state index contributed by atoms with van der Waals surface area (Å²) in [5.41, 5.74) is 6.35. The Kier molecular flexibility index (Phi) is 3.30. The van der Waals surface area contributed by atoms with Crippen LogP contribution in [0.15, 0.2) is 16.9 Å². The summed E-state index contributed by atoms with van der Waals surface area (Å²) in [6.07, 6.45) is 0. The van der Waals surface area contributed by atoms with Crippen LogP contribution < -0.4 is 16.0 Å². The van der Waals surface area contributed by atoms with Gasteiger partial charge >= 0.3 is 0 Å². The second kappa shape index (κ2) is 4.28. The molecule has 1 atom stereocenters. The van der Waals surface area contributed by atoms with E-state index in [0.29, 0.717) is 12.4 Å². The van der Waals surface area contributed by atoms with Gasteiger partial charge in [-0.1, -0.05) is 0 Å². The number of pyridine rings is 1. The van der Waals surface area contributed by atoms with Gasteiger partial charge in [-0.2, -0.15) is 0 Å². The third-order valence-corrected chi connectivity index (χ3v) is 1.99. The van der Waals surface area contributed by atoms with Gasteiger partial charge in [-0.3, -0.25) is 4.79 Å². The molecular weight excluding hydrogens is 180 g/mol. The van der Waals surface area contributed by atoms with E-state index < -0.39 is 0 Å². The number of hydrogen-bond acceptors (Lipinski definition) is 3. The van der Waals surface area contributed by atoms with Crippen LogP contribution in [0.4, 0.5) is 0 Å². The third kappa shape index (κ3) is 2.60. The number of aromatic nitrogens is 1. The smallest absolute Gasteiger partial charge is 0.254 e. The van der Waals surface area contributed by atoms with Crippen molar-refractivity contribution in [3.63, 3.8) is 0 Å². The molecule has 78 valence electrons. The van der Waals surface area contributed by atoms with Crippen molar-refractivity contribution in [3.05, 3.63) is 28.2 Å². The second-order valence-corrected chi connectivity index (χ2v) is 3.52. The van der Waals surface area contributed by atoms with E-state index in [-0.39, 0.29) is 11.6 Å². The lowest BCUT2D eigenvalue weighted by Crippen LogP contribution is -2.25. The highest BCUT2D eigenvalue weighted by Crippen LogP contribution is 2.08. The summed E-state index contributed by atoms with van der Waals surface area (Å²) in [7, 11) is 1.73. The number of rotatable bonds is 3. The molecule has 0 aliphatic rings. The normalized spacial score (nSPS) is 12.6. The van der Waals surface area contributed by atoms with E-state index in [9.17, 15) is 4.79 Å². The van der Waals surface area contributed by atoms with E-state index in [1.54, 1.807) is 11.6 Å². The van der Waals surface area contributed by atoms with Crippen LogP contribution in [0.5, 0.6) is 5.75 Å². The van der Waals surface area contributed by atoms with Crippen molar-refractivity contribution in [2.75, 3.05) is 6.61 Å². The predicted molar refractivity (Wildman–Crippen MR) is 55.6 cm³/mol. The first kappa shape index (κ1) is 10.8. The van der Waals surface area contributed by atoms with Crippen molar-refractivity contribution in [1.82, 2.24) is 4.57 Å². The first-order chi connectivity index (χ1) is 6.50. The van der Waals surface area contributed by atoms with E-state index in [4.69, 9.17) is 10.5 Å². The summed E-state index contributed by atoms with van der Waals surface area (Å²) in [4.78, 5) is 11.4. The first-order valence-electron chi connectivity index (χ1n) is 4.56. The molecule has 0 fully saturated rings. The number of ether oxygens (including phenoxy) is 1. The molecule has 0 aliphatic carbocycles. The molecule has 0 aliphatic heterocycles. The molecule has 2 N–H and O–H groups in total. The molecule has 1 heterocycles. The maximum atomic E-state index is 11.4. The Labute approximate surface area is 83.3 Å². The van der Waals surface area contributed by atoms with Gasteiger partial charge in [0, 0.05) is 24.8 Å². The van der Waals surface area contributed by atoms with E-state index in [0.717, 1.165) is 5.69 Å². The van der Waals surface area contributed by atoms with Gasteiger partial charge in [0.2, 0.25) is 0 Å². The molecule has 0 spiro atoms. The molecule has 0 aromatic carbocycles. The molecule has 4 heteroatoms. The summed E-state index contributed by atoms with van der Waals surface area (Å²) in [6, 6.07) is 3.26. The van der Waals surface area contributed by atoms with Gasteiger partial charge in [-0.15, -0.1) is 0 Å². The third-order valence-electron chi connectivity index (χ3n) is 1.99. The van der Waals surface area contributed by atoms with Gasteiger partial charge in [0.05, 0.1) is 0 Å². The molecule has 0 radical (unpaired) electrons. The molecule has 1 unspecified atom stereocenters. The van der Waals surface area contributed by atoms with Crippen LogP contribution in [-0.4, -0.2) is 17.2 Å². The molecule has 0 amide bonds. The average Bonchev–Trinajstić information content (AvgIpc) is 2.10. The molecule has 0 saturated carbocycles. The molecule has 4 nitrogen and oxygen atoms in total. The van der Waals surface area contributed by atoms with E-state index >= 15 is 0 Å². The number of hydrogen-bond donors (Lipinski definition) is 1. The molecule has 14 heavy (non-hydrogen) atoms. The predicted octanol–water partition coefficient (Wildman–Crippen LogP) is 0.420. The van der Waals surface area contributed by atoms with Crippen molar-refractivity contribution in [3.8, 4) is 5.75 Å². The zero-order valence-electron chi connectivity index (χ0n) is 8.78. The largest absolute Gasteiger partial charge is 0.492 e. The van der Waals surface area contributed by atoms with Crippen molar-refractivity contribution < 1.29 is 4.74 Å². The summed E-state index contributed by atoms with van der Waals surface area (Å²) in [6.45, 7) is 4.14. The minimum Gasteiger partial charge on any atom is -0.492 e. The molecular formula is C10H16N2O2. The number of nitrogens with zero attached hydrogens (tertiary/aromatic N) is 1. The topological polar surface area (TPSA) is 57.2 Å². The SMILES string of the molecule is Cc1cc(OCC(C)N)cc(=O)n1C. The van der Waals surface area contributed by atoms with Crippen LogP contribution >= 0.6 is 0 Å². The van der Waals surface area contributed by atoms with Crippen LogP contribution in [0.25, 0.3) is 0 Å². The number of aryl methyl sites for hydroxylation is 1. The molecule has 0 bridgehead atoms. The Morgan fingerprint density at radius 3 is 2.71 bits per heavy atom. The quantitative estimate of drug-likeness (QED) is 0.762. The van der Waals surface area contributed by atoms with Gasteiger partial charge in [0.1, 0.15) is 12.4 Å². The maximum Gasteiger partial charge on any atom is 0.254 e. The second-order valence-electron chi connectivity index (χ2n) is 3.52. The van der Waals surface area contributed by atoms with Crippen molar-refractivity contribution in [1.29, 1.82) is 0 Å². The van der Waals surface area contributed by atoms with Crippen LogP contribution in [-0.2, 0) is 7.05 Å². The summed E-state index contributed by atoms with van der Waals surface area (Å²) in [5, 5.41) is 0. The maximum absolute atomic E-state index is 11.4. The van der Waals surface area contributed by atoms with Crippen LogP contribution in [0.2, 0.25) is 0 Å². The van der Waals surface area contributed by atoms with Crippen LogP contribution in [0.1, 0.15) is 12.6 Å². The Morgan fingerprint density at radius 2 is 2.21 bits per heavy atom.